The van der Waals surface area contributed by atoms with Crippen LogP contribution in [0.15, 0.2) is 30.3 Å². The maximum Gasteiger partial charge on any atom is 0.433 e. The highest BCUT2D eigenvalue weighted by Gasteiger charge is 2.33. The van der Waals surface area contributed by atoms with E-state index in [0.29, 0.717) is 13.0 Å². The molecular formula is C21H23F5N4O3S. The highest BCUT2D eigenvalue weighted by molar-refractivity contribution is 7.92. The van der Waals surface area contributed by atoms with Crippen LogP contribution in [0.5, 0.6) is 0 Å². The van der Waals surface area contributed by atoms with Crippen molar-refractivity contribution in [1.82, 2.24) is 10.3 Å². The number of anilines is 2. The molecule has 0 aliphatic carbocycles. The number of carbonyl (C=O) groups is 1. The van der Waals surface area contributed by atoms with Crippen molar-refractivity contribution in [3.8, 4) is 0 Å². The standard InChI is InChI=1S/C21H23F5N4O3S/c1-4-9-27-20-13(5-7-17(29-20)21(24,25)26)6-8-18(31)28-12(2)14-10-15(22)19(16(23)11-14)30-34(3,32)33/h5-8,10-12,30H,4,9H2,1-3H3,(H,27,29)(H,28,31). The summed E-state index contributed by atoms with van der Waals surface area (Å²) in [7, 11) is -3.91. The lowest BCUT2D eigenvalue weighted by atomic mass is 10.1. The number of halogens is 5. The number of sulfonamides is 1. The van der Waals surface area contributed by atoms with Crippen molar-refractivity contribution in [3.05, 3.63) is 58.8 Å². The van der Waals surface area contributed by atoms with Gasteiger partial charge in [0.1, 0.15) is 17.2 Å². The predicted molar refractivity (Wildman–Crippen MR) is 118 cm³/mol. The Morgan fingerprint density at radius 3 is 2.32 bits per heavy atom. The average molecular weight is 506 g/mol. The van der Waals surface area contributed by atoms with Gasteiger partial charge in [-0.25, -0.2) is 22.2 Å². The van der Waals surface area contributed by atoms with Crippen LogP contribution < -0.4 is 15.4 Å². The molecule has 1 aromatic heterocycles. The Bertz CT molecular complexity index is 1160. The Kier molecular flexibility index (Phi) is 8.59. The normalized spacial score (nSPS) is 13.1. The Morgan fingerprint density at radius 1 is 1.18 bits per heavy atom. The van der Waals surface area contributed by atoms with Gasteiger partial charge in [0.2, 0.25) is 15.9 Å². The summed E-state index contributed by atoms with van der Waals surface area (Å²) in [4.78, 5) is 15.8. The van der Waals surface area contributed by atoms with Crippen molar-refractivity contribution >= 4 is 33.5 Å². The van der Waals surface area contributed by atoms with Crippen LogP contribution in [0.2, 0.25) is 0 Å². The predicted octanol–water partition coefficient (Wildman–Crippen LogP) is 4.46. The van der Waals surface area contributed by atoms with E-state index in [1.807, 2.05) is 6.92 Å². The van der Waals surface area contributed by atoms with Crippen LogP contribution in [0.1, 0.15) is 43.1 Å². The van der Waals surface area contributed by atoms with E-state index in [1.165, 1.54) is 19.1 Å². The molecule has 186 valence electrons. The second-order valence-corrected chi connectivity index (χ2v) is 9.10. The zero-order valence-corrected chi connectivity index (χ0v) is 19.2. The van der Waals surface area contributed by atoms with E-state index >= 15 is 0 Å². The van der Waals surface area contributed by atoms with E-state index in [9.17, 15) is 35.2 Å². The fourth-order valence-electron chi connectivity index (χ4n) is 2.78. The molecule has 2 aromatic rings. The molecule has 0 saturated carbocycles. The highest BCUT2D eigenvalue weighted by Crippen LogP contribution is 2.30. The van der Waals surface area contributed by atoms with Crippen LogP contribution in [0.3, 0.4) is 0 Å². The van der Waals surface area contributed by atoms with Crippen molar-refractivity contribution < 1.29 is 35.2 Å². The number of aromatic nitrogens is 1. The minimum Gasteiger partial charge on any atom is -0.370 e. The smallest absolute Gasteiger partial charge is 0.370 e. The molecule has 1 amide bonds. The van der Waals surface area contributed by atoms with E-state index in [0.717, 1.165) is 30.5 Å². The molecule has 0 bridgehead atoms. The number of alkyl halides is 3. The van der Waals surface area contributed by atoms with E-state index in [1.54, 1.807) is 4.72 Å². The van der Waals surface area contributed by atoms with Crippen molar-refractivity contribution in [2.45, 2.75) is 32.5 Å². The summed E-state index contributed by atoms with van der Waals surface area (Å²) in [6, 6.07) is 2.82. The van der Waals surface area contributed by atoms with Crippen molar-refractivity contribution in [3.63, 3.8) is 0 Å². The molecule has 0 aliphatic rings. The Balaban J connectivity index is 2.18. The van der Waals surface area contributed by atoms with Crippen LogP contribution >= 0.6 is 0 Å². The van der Waals surface area contributed by atoms with Gasteiger partial charge in [0.25, 0.3) is 0 Å². The first-order chi connectivity index (χ1) is 15.7. The van der Waals surface area contributed by atoms with Gasteiger partial charge in [0.05, 0.1) is 12.3 Å². The first-order valence-corrected chi connectivity index (χ1v) is 11.9. The van der Waals surface area contributed by atoms with Gasteiger partial charge < -0.3 is 10.6 Å². The fourth-order valence-corrected chi connectivity index (χ4v) is 3.35. The molecule has 3 N–H and O–H groups in total. The Hall–Kier alpha value is -3.22. The summed E-state index contributed by atoms with van der Waals surface area (Å²) >= 11 is 0. The second kappa shape index (κ2) is 10.8. The number of hydrogen-bond donors (Lipinski definition) is 3. The Morgan fingerprint density at radius 2 is 1.79 bits per heavy atom. The topological polar surface area (TPSA) is 100 Å². The maximum absolute atomic E-state index is 14.2. The zero-order valence-electron chi connectivity index (χ0n) is 18.4. The molecule has 7 nitrogen and oxygen atoms in total. The van der Waals surface area contributed by atoms with Crippen LogP contribution in [-0.4, -0.2) is 32.1 Å². The number of pyridine rings is 1. The molecule has 13 heteroatoms. The minimum atomic E-state index is -4.63. The SMILES string of the molecule is CCCNc1nc(C(F)(F)F)ccc1C=CC(=O)NC(C)c1cc(F)c(NS(C)(=O)=O)c(F)c1. The molecule has 0 radical (unpaired) electrons. The van der Waals surface area contributed by atoms with Crippen LogP contribution in [0, 0.1) is 11.6 Å². The molecule has 34 heavy (non-hydrogen) atoms. The minimum absolute atomic E-state index is 0.0253. The largest absolute Gasteiger partial charge is 0.433 e. The summed E-state index contributed by atoms with van der Waals surface area (Å²) in [5.41, 5.74) is -1.67. The fraction of sp³-hybridized carbons (Fsp3) is 0.333. The summed E-state index contributed by atoms with van der Waals surface area (Å²) < 4.78 is 91.4. The van der Waals surface area contributed by atoms with Gasteiger partial charge >= 0.3 is 6.18 Å². The first-order valence-electron chi connectivity index (χ1n) is 9.98. The van der Waals surface area contributed by atoms with Crippen molar-refractivity contribution in [1.29, 1.82) is 0 Å². The summed E-state index contributed by atoms with van der Waals surface area (Å²) in [6.45, 7) is 3.62. The lowest BCUT2D eigenvalue weighted by Crippen LogP contribution is -2.25. The quantitative estimate of drug-likeness (QED) is 0.345. The van der Waals surface area contributed by atoms with E-state index in [4.69, 9.17) is 0 Å². The lowest BCUT2D eigenvalue weighted by Gasteiger charge is -2.15. The molecule has 0 aliphatic heterocycles. The summed E-state index contributed by atoms with van der Waals surface area (Å²) in [5, 5.41) is 5.24. The highest BCUT2D eigenvalue weighted by atomic mass is 32.2. The molecule has 0 fully saturated rings. The molecule has 1 aromatic carbocycles. The molecule has 1 heterocycles. The molecule has 1 unspecified atom stereocenters. The van der Waals surface area contributed by atoms with Crippen LogP contribution in [-0.2, 0) is 21.0 Å². The third-order valence-corrected chi connectivity index (χ3v) is 4.96. The van der Waals surface area contributed by atoms with E-state index < -0.39 is 51.2 Å². The second-order valence-electron chi connectivity index (χ2n) is 7.36. The number of benzene rings is 1. The number of carbonyl (C=O) groups excluding carboxylic acids is 1. The van der Waals surface area contributed by atoms with Gasteiger partial charge in [-0.3, -0.25) is 9.52 Å². The average Bonchev–Trinajstić information content (AvgIpc) is 2.72. The zero-order chi connectivity index (χ0) is 25.7. The first kappa shape index (κ1) is 27.0. The van der Waals surface area contributed by atoms with Crippen LogP contribution in [0.25, 0.3) is 6.08 Å². The summed E-state index contributed by atoms with van der Waals surface area (Å²) in [6.07, 6.45) is -0.957. The van der Waals surface area contributed by atoms with Crippen LogP contribution in [0.4, 0.5) is 33.5 Å². The third kappa shape index (κ3) is 7.68. The van der Waals surface area contributed by atoms with E-state index in [-0.39, 0.29) is 16.9 Å². The molecule has 0 spiro atoms. The van der Waals surface area contributed by atoms with Gasteiger partial charge in [-0.2, -0.15) is 13.2 Å². The molecule has 0 saturated heterocycles. The number of nitrogens with one attached hydrogen (secondary N) is 3. The van der Waals surface area contributed by atoms with Gasteiger partial charge in [0, 0.05) is 18.2 Å². The summed E-state index contributed by atoms with van der Waals surface area (Å²) in [5.74, 6) is -3.07. The maximum atomic E-state index is 14.2. The molecule has 2 rings (SSSR count). The number of nitrogens with zero attached hydrogens (tertiary/aromatic N) is 1. The number of hydrogen-bond acceptors (Lipinski definition) is 5. The van der Waals surface area contributed by atoms with Crippen molar-refractivity contribution in [2.75, 3.05) is 22.8 Å². The Labute approximate surface area is 193 Å². The molecule has 1 atom stereocenters. The lowest BCUT2D eigenvalue weighted by molar-refractivity contribution is -0.141. The van der Waals surface area contributed by atoms with Crippen molar-refractivity contribution in [2.24, 2.45) is 0 Å². The molecular weight excluding hydrogens is 483 g/mol. The number of rotatable bonds is 9. The van der Waals surface area contributed by atoms with Gasteiger partial charge in [-0.15, -0.1) is 0 Å². The van der Waals surface area contributed by atoms with Gasteiger partial charge in [-0.05, 0) is 49.2 Å². The van der Waals surface area contributed by atoms with E-state index in [2.05, 4.69) is 15.6 Å². The third-order valence-electron chi connectivity index (χ3n) is 4.38. The monoisotopic (exact) mass is 506 g/mol. The van der Waals surface area contributed by atoms with Gasteiger partial charge in [0.15, 0.2) is 11.6 Å². The number of amides is 1. The van der Waals surface area contributed by atoms with Gasteiger partial charge in [-0.1, -0.05) is 6.92 Å².